The molecule has 0 unspecified atom stereocenters. The molecule has 0 radical (unpaired) electrons. The van der Waals surface area contributed by atoms with Gasteiger partial charge in [0, 0.05) is 22.7 Å². The van der Waals surface area contributed by atoms with E-state index in [0.717, 1.165) is 23.6 Å². The lowest BCUT2D eigenvalue weighted by molar-refractivity contribution is -0.117. The average molecular weight is 422 g/mol. The molecule has 1 aliphatic carbocycles. The van der Waals surface area contributed by atoms with E-state index in [0.29, 0.717) is 23.7 Å². The number of carbonyl (C=O) groups excluding carboxylic acids is 2. The minimum absolute atomic E-state index is 0.0429. The number of carbonyl (C=O) groups is 2. The Morgan fingerprint density at radius 3 is 2.57 bits per heavy atom. The Bertz CT molecular complexity index is 1040. The number of hydrogen-bond donors (Lipinski definition) is 2. The van der Waals surface area contributed by atoms with Gasteiger partial charge in [-0.2, -0.15) is 0 Å². The molecule has 3 aromatic rings. The van der Waals surface area contributed by atoms with Gasteiger partial charge in [0.25, 0.3) is 0 Å². The summed E-state index contributed by atoms with van der Waals surface area (Å²) in [5.74, 6) is 0.819. The minimum Gasteiger partial charge on any atom is -0.486 e. The van der Waals surface area contributed by atoms with E-state index in [-0.39, 0.29) is 24.2 Å². The van der Waals surface area contributed by atoms with Gasteiger partial charge in [-0.3, -0.25) is 9.59 Å². The van der Waals surface area contributed by atoms with Crippen LogP contribution in [0.1, 0.15) is 29.1 Å². The smallest absolute Gasteiger partial charge is 0.230 e. The predicted octanol–water partition coefficient (Wildman–Crippen LogP) is 4.56. The molecule has 1 aliphatic rings. The molecule has 2 aromatic carbocycles. The number of aryl methyl sites for hydroxylation is 1. The summed E-state index contributed by atoms with van der Waals surface area (Å²) in [5.41, 5.74) is 3.22. The van der Waals surface area contributed by atoms with E-state index in [1.807, 2.05) is 48.7 Å². The van der Waals surface area contributed by atoms with E-state index in [9.17, 15) is 9.59 Å². The highest BCUT2D eigenvalue weighted by Crippen LogP contribution is 2.30. The standard InChI is InChI=1S/C23H23N3O3S/c1-15-5-9-20(10-6-15)29-13-22-25-19(14-30-22)12-21(27)24-17-3-2-4-18(11-17)26-23(28)16-7-8-16/h2-6,9-11,14,16H,7-8,12-13H2,1H3,(H,24,27)(H,26,28). The van der Waals surface area contributed by atoms with Crippen molar-refractivity contribution in [2.75, 3.05) is 10.6 Å². The third-order valence-corrected chi connectivity index (χ3v) is 5.56. The second-order valence-electron chi connectivity index (χ2n) is 7.40. The van der Waals surface area contributed by atoms with Crippen molar-refractivity contribution < 1.29 is 14.3 Å². The van der Waals surface area contributed by atoms with Crippen molar-refractivity contribution in [3.63, 3.8) is 0 Å². The number of thiazole rings is 1. The maximum atomic E-state index is 12.4. The van der Waals surface area contributed by atoms with E-state index in [4.69, 9.17) is 4.74 Å². The summed E-state index contributed by atoms with van der Waals surface area (Å²) >= 11 is 1.47. The van der Waals surface area contributed by atoms with Crippen LogP contribution in [-0.4, -0.2) is 16.8 Å². The fourth-order valence-corrected chi connectivity index (χ4v) is 3.62. The fraction of sp³-hybridized carbons (Fsp3) is 0.261. The van der Waals surface area contributed by atoms with Crippen LogP contribution in [0.2, 0.25) is 0 Å². The molecular formula is C23H23N3O3S. The van der Waals surface area contributed by atoms with Crippen LogP contribution in [-0.2, 0) is 22.6 Å². The van der Waals surface area contributed by atoms with Crippen LogP contribution in [0.25, 0.3) is 0 Å². The van der Waals surface area contributed by atoms with E-state index in [1.165, 1.54) is 16.9 Å². The third kappa shape index (κ3) is 5.67. The second kappa shape index (κ2) is 9.09. The van der Waals surface area contributed by atoms with Gasteiger partial charge >= 0.3 is 0 Å². The molecule has 154 valence electrons. The van der Waals surface area contributed by atoms with Gasteiger partial charge in [0.15, 0.2) is 0 Å². The molecule has 0 aliphatic heterocycles. The van der Waals surface area contributed by atoms with Crippen LogP contribution in [0.4, 0.5) is 11.4 Å². The van der Waals surface area contributed by atoms with Gasteiger partial charge in [0.1, 0.15) is 17.4 Å². The summed E-state index contributed by atoms with van der Waals surface area (Å²) in [4.78, 5) is 28.8. The number of rotatable bonds is 8. The Labute approximate surface area is 179 Å². The highest BCUT2D eigenvalue weighted by Gasteiger charge is 2.29. The van der Waals surface area contributed by atoms with E-state index < -0.39 is 0 Å². The lowest BCUT2D eigenvalue weighted by atomic mass is 10.2. The SMILES string of the molecule is Cc1ccc(OCc2nc(CC(=O)Nc3cccc(NC(=O)C4CC4)c3)cs2)cc1. The maximum Gasteiger partial charge on any atom is 0.230 e. The fourth-order valence-electron chi connectivity index (χ4n) is 2.91. The van der Waals surface area contributed by atoms with Gasteiger partial charge in [0.2, 0.25) is 11.8 Å². The minimum atomic E-state index is -0.156. The van der Waals surface area contributed by atoms with Crippen molar-refractivity contribution >= 4 is 34.5 Å². The number of amides is 2. The van der Waals surface area contributed by atoms with Gasteiger partial charge in [-0.15, -0.1) is 11.3 Å². The predicted molar refractivity (Wildman–Crippen MR) is 118 cm³/mol. The van der Waals surface area contributed by atoms with Crippen molar-refractivity contribution in [3.8, 4) is 5.75 Å². The molecule has 6 nitrogen and oxygen atoms in total. The van der Waals surface area contributed by atoms with Gasteiger partial charge in [0.05, 0.1) is 12.1 Å². The second-order valence-corrected chi connectivity index (χ2v) is 8.35. The average Bonchev–Trinajstić information content (AvgIpc) is 3.49. The van der Waals surface area contributed by atoms with Crippen molar-refractivity contribution in [1.82, 2.24) is 4.98 Å². The maximum absolute atomic E-state index is 12.4. The molecule has 1 saturated carbocycles. The first-order valence-electron chi connectivity index (χ1n) is 9.89. The topological polar surface area (TPSA) is 80.3 Å². The molecule has 7 heteroatoms. The monoisotopic (exact) mass is 421 g/mol. The summed E-state index contributed by atoms with van der Waals surface area (Å²) in [5, 5.41) is 8.45. The molecule has 2 amide bonds. The number of hydrogen-bond acceptors (Lipinski definition) is 5. The van der Waals surface area contributed by atoms with Crippen LogP contribution in [0, 0.1) is 12.8 Å². The molecule has 2 N–H and O–H groups in total. The zero-order chi connectivity index (χ0) is 20.9. The van der Waals surface area contributed by atoms with E-state index in [2.05, 4.69) is 15.6 Å². The molecule has 1 heterocycles. The lowest BCUT2D eigenvalue weighted by Crippen LogP contribution is -2.16. The van der Waals surface area contributed by atoms with Crippen LogP contribution < -0.4 is 15.4 Å². The Morgan fingerprint density at radius 1 is 1.10 bits per heavy atom. The Hall–Kier alpha value is -3.19. The number of anilines is 2. The molecule has 1 fully saturated rings. The third-order valence-electron chi connectivity index (χ3n) is 4.69. The van der Waals surface area contributed by atoms with Crippen molar-refractivity contribution in [2.24, 2.45) is 5.92 Å². The van der Waals surface area contributed by atoms with Crippen molar-refractivity contribution in [1.29, 1.82) is 0 Å². The molecule has 4 rings (SSSR count). The summed E-state index contributed by atoms with van der Waals surface area (Å²) in [6.07, 6.45) is 2.08. The lowest BCUT2D eigenvalue weighted by Gasteiger charge is -2.08. The van der Waals surface area contributed by atoms with Crippen LogP contribution in [0.3, 0.4) is 0 Å². The molecule has 0 bridgehead atoms. The number of benzene rings is 2. The van der Waals surface area contributed by atoms with Gasteiger partial charge in [-0.1, -0.05) is 23.8 Å². The molecule has 0 spiro atoms. The first-order chi connectivity index (χ1) is 14.5. The Kier molecular flexibility index (Phi) is 6.09. The van der Waals surface area contributed by atoms with Gasteiger partial charge in [-0.05, 0) is 50.1 Å². The molecule has 0 saturated heterocycles. The van der Waals surface area contributed by atoms with Crippen LogP contribution >= 0.6 is 11.3 Å². The van der Waals surface area contributed by atoms with Crippen LogP contribution in [0.15, 0.2) is 53.9 Å². The highest BCUT2D eigenvalue weighted by molar-refractivity contribution is 7.09. The number of ether oxygens (including phenoxy) is 1. The number of aromatic nitrogens is 1. The summed E-state index contributed by atoms with van der Waals surface area (Å²) in [7, 11) is 0. The molecule has 1 aromatic heterocycles. The number of nitrogens with one attached hydrogen (secondary N) is 2. The quantitative estimate of drug-likeness (QED) is 0.559. The van der Waals surface area contributed by atoms with E-state index >= 15 is 0 Å². The summed E-state index contributed by atoms with van der Waals surface area (Å²) < 4.78 is 5.74. The van der Waals surface area contributed by atoms with Crippen LogP contribution in [0.5, 0.6) is 5.75 Å². The first-order valence-corrected chi connectivity index (χ1v) is 10.8. The Morgan fingerprint density at radius 2 is 1.83 bits per heavy atom. The molecule has 30 heavy (non-hydrogen) atoms. The normalized spacial score (nSPS) is 13.0. The highest BCUT2D eigenvalue weighted by atomic mass is 32.1. The zero-order valence-electron chi connectivity index (χ0n) is 16.7. The molecular weight excluding hydrogens is 398 g/mol. The summed E-state index contributed by atoms with van der Waals surface area (Å²) in [6.45, 7) is 2.40. The molecule has 0 atom stereocenters. The van der Waals surface area contributed by atoms with Crippen molar-refractivity contribution in [2.45, 2.75) is 32.8 Å². The number of nitrogens with zero attached hydrogens (tertiary/aromatic N) is 1. The van der Waals surface area contributed by atoms with E-state index in [1.54, 1.807) is 12.1 Å². The first kappa shape index (κ1) is 20.1. The van der Waals surface area contributed by atoms with Gasteiger partial charge < -0.3 is 15.4 Å². The largest absolute Gasteiger partial charge is 0.486 e. The van der Waals surface area contributed by atoms with Crippen molar-refractivity contribution in [3.05, 3.63) is 70.2 Å². The Balaban J connectivity index is 1.28. The summed E-state index contributed by atoms with van der Waals surface area (Å²) in [6, 6.07) is 15.0. The zero-order valence-corrected chi connectivity index (χ0v) is 17.5. The van der Waals surface area contributed by atoms with Gasteiger partial charge in [-0.25, -0.2) is 4.98 Å².